The molecule has 0 unspecified atom stereocenters. The van der Waals surface area contributed by atoms with Crippen LogP contribution in [0.2, 0.25) is 0 Å². The van der Waals surface area contributed by atoms with E-state index in [0.29, 0.717) is 31.1 Å². The second-order valence-corrected chi connectivity index (χ2v) is 8.59. The molecule has 186 valence electrons. The number of hydrogen-bond acceptors (Lipinski definition) is 7. The van der Waals surface area contributed by atoms with Gasteiger partial charge >= 0.3 is 5.69 Å². The first-order chi connectivity index (χ1) is 17.1. The number of ether oxygens (including phenoxy) is 4. The van der Waals surface area contributed by atoms with Gasteiger partial charge in [0.05, 0.1) is 24.7 Å². The summed E-state index contributed by atoms with van der Waals surface area (Å²) in [5.41, 5.74) is 8.74. The number of fused-ring (bicyclic) bond motifs is 5. The summed E-state index contributed by atoms with van der Waals surface area (Å²) in [6.07, 6.45) is 5.31. The average Bonchev–Trinajstić information content (AvgIpc) is 3.32. The molecule has 2 aliphatic heterocycles. The number of anilines is 1. The molecule has 2 aliphatic rings. The Morgan fingerprint density at radius 3 is 2.81 bits per heavy atom. The molecule has 0 saturated heterocycles. The van der Waals surface area contributed by atoms with Crippen molar-refractivity contribution < 1.29 is 35.9 Å². The number of aromatic nitrogens is 3. The van der Waals surface area contributed by atoms with E-state index in [4.69, 9.17) is 24.7 Å². The highest BCUT2D eigenvalue weighted by Crippen LogP contribution is 2.41. The highest BCUT2D eigenvalue weighted by Gasteiger charge is 2.28. The second-order valence-electron chi connectivity index (χ2n) is 8.59. The Kier molecular flexibility index (Phi) is 6.32. The smallest absolute Gasteiger partial charge is 0.349 e. The fourth-order valence-electron chi connectivity index (χ4n) is 4.73. The largest absolute Gasteiger partial charge is 1.00 e. The zero-order chi connectivity index (χ0) is 23.9. The first-order valence-electron chi connectivity index (χ1n) is 11.5. The van der Waals surface area contributed by atoms with Gasteiger partial charge in [0.1, 0.15) is 5.82 Å². The van der Waals surface area contributed by atoms with Gasteiger partial charge in [-0.15, -0.1) is 0 Å². The van der Waals surface area contributed by atoms with Crippen LogP contribution in [0.1, 0.15) is 12.0 Å². The Morgan fingerprint density at radius 1 is 1.17 bits per heavy atom. The van der Waals surface area contributed by atoms with E-state index in [1.54, 1.807) is 19.4 Å². The molecule has 0 spiro atoms. The number of halogens is 1. The minimum atomic E-state index is -0.362. The molecule has 10 heteroatoms. The van der Waals surface area contributed by atoms with Crippen LogP contribution in [0.3, 0.4) is 0 Å². The zero-order valence-corrected chi connectivity index (χ0v) is 20.5. The number of nitrogen functional groups attached to an aromatic ring is 1. The molecule has 0 amide bonds. The lowest BCUT2D eigenvalue weighted by molar-refractivity contribution is -0.686. The van der Waals surface area contributed by atoms with E-state index in [1.807, 2.05) is 12.1 Å². The van der Waals surface area contributed by atoms with Gasteiger partial charge in [-0.3, -0.25) is 4.57 Å². The molecule has 0 radical (unpaired) electrons. The third-order valence-corrected chi connectivity index (χ3v) is 6.48. The monoisotopic (exact) mass is 508 g/mol. The number of nitrogens with zero attached hydrogens (tertiary/aromatic N) is 3. The minimum absolute atomic E-state index is 0. The SMILES string of the molecule is COc1ccc2cc3[n+](cc2c1OCCCn1ccc(N)nc1=O)CCc1cc2c(cc1-3)OCO2.[Cl-]. The minimum Gasteiger partial charge on any atom is -1.00 e. The van der Waals surface area contributed by atoms with Crippen LogP contribution < -0.4 is 47.3 Å². The molecule has 2 aromatic carbocycles. The summed E-state index contributed by atoms with van der Waals surface area (Å²) in [4.78, 5) is 15.7. The summed E-state index contributed by atoms with van der Waals surface area (Å²) >= 11 is 0. The number of methoxy groups -OCH3 is 1. The van der Waals surface area contributed by atoms with Crippen LogP contribution in [0, 0.1) is 0 Å². The van der Waals surface area contributed by atoms with Crippen molar-refractivity contribution in [2.24, 2.45) is 0 Å². The molecular formula is C26H25ClN4O5. The normalized spacial score (nSPS) is 13.0. The summed E-state index contributed by atoms with van der Waals surface area (Å²) in [5.74, 6) is 3.18. The number of benzene rings is 2. The molecule has 6 rings (SSSR count). The maximum atomic E-state index is 12.0. The third-order valence-electron chi connectivity index (χ3n) is 6.48. The maximum absolute atomic E-state index is 12.0. The Morgan fingerprint density at radius 2 is 2.00 bits per heavy atom. The van der Waals surface area contributed by atoms with Crippen LogP contribution in [0.15, 0.2) is 53.6 Å². The number of nitrogens with two attached hydrogens (primary N) is 1. The van der Waals surface area contributed by atoms with Crippen molar-refractivity contribution in [3.63, 3.8) is 0 Å². The topological polar surface area (TPSA) is 102 Å². The van der Waals surface area contributed by atoms with Crippen molar-refractivity contribution in [3.05, 3.63) is 64.8 Å². The lowest BCUT2D eigenvalue weighted by Crippen LogP contribution is -3.00. The fraction of sp³-hybridized carbons (Fsp3) is 0.269. The summed E-state index contributed by atoms with van der Waals surface area (Å²) < 4.78 is 26.8. The molecule has 4 aromatic rings. The lowest BCUT2D eigenvalue weighted by Gasteiger charge is -2.18. The molecule has 2 aromatic heterocycles. The van der Waals surface area contributed by atoms with Crippen molar-refractivity contribution in [1.29, 1.82) is 0 Å². The Labute approximate surface area is 213 Å². The third kappa shape index (κ3) is 4.15. The molecule has 9 nitrogen and oxygen atoms in total. The van der Waals surface area contributed by atoms with E-state index < -0.39 is 0 Å². The summed E-state index contributed by atoms with van der Waals surface area (Å²) in [5, 5.41) is 2.03. The van der Waals surface area contributed by atoms with E-state index in [9.17, 15) is 4.79 Å². The predicted octanol–water partition coefficient (Wildman–Crippen LogP) is -0.300. The molecule has 0 atom stereocenters. The number of hydrogen-bond donors (Lipinski definition) is 1. The van der Waals surface area contributed by atoms with Crippen LogP contribution in [0.25, 0.3) is 22.0 Å². The van der Waals surface area contributed by atoms with Gasteiger partial charge in [-0.05, 0) is 47.7 Å². The van der Waals surface area contributed by atoms with Gasteiger partial charge in [0, 0.05) is 25.2 Å². The van der Waals surface area contributed by atoms with Crippen LogP contribution in [0.4, 0.5) is 5.82 Å². The van der Waals surface area contributed by atoms with E-state index in [0.717, 1.165) is 46.5 Å². The average molecular weight is 509 g/mol. The van der Waals surface area contributed by atoms with Gasteiger partial charge in [-0.2, -0.15) is 9.55 Å². The second kappa shape index (κ2) is 9.58. The molecule has 0 fully saturated rings. The molecular weight excluding hydrogens is 484 g/mol. The first kappa shape index (κ1) is 23.7. The van der Waals surface area contributed by atoms with Crippen molar-refractivity contribution >= 4 is 16.6 Å². The van der Waals surface area contributed by atoms with Crippen LogP contribution in [-0.2, 0) is 19.5 Å². The van der Waals surface area contributed by atoms with Gasteiger partial charge in [0.25, 0.3) is 0 Å². The number of pyridine rings is 1. The zero-order valence-electron chi connectivity index (χ0n) is 19.7. The Balaban J connectivity index is 0.00000267. The first-order valence-corrected chi connectivity index (χ1v) is 11.5. The lowest BCUT2D eigenvalue weighted by atomic mass is 9.95. The molecule has 0 bridgehead atoms. The molecule has 2 N–H and O–H groups in total. The Bertz CT molecular complexity index is 1520. The summed E-state index contributed by atoms with van der Waals surface area (Å²) in [6, 6.07) is 11.9. The fourth-order valence-corrected chi connectivity index (χ4v) is 4.73. The van der Waals surface area contributed by atoms with E-state index in [2.05, 4.69) is 33.9 Å². The standard InChI is InChI=1S/C26H24N4O5.ClH/c1-32-21-4-3-16-11-20-18-13-23-22(34-15-35-23)12-17(18)5-8-30(20)14-19(16)25(21)33-10-2-7-29-9-6-24(27)28-26(29)31;/h3-4,6,9,11-14H,2,5,7-8,10,15H2,1H3,(H-,27,28,31);1H. The van der Waals surface area contributed by atoms with Crippen molar-refractivity contribution in [2.75, 3.05) is 26.2 Å². The van der Waals surface area contributed by atoms with E-state index in [1.165, 1.54) is 10.1 Å². The van der Waals surface area contributed by atoms with Crippen molar-refractivity contribution in [2.45, 2.75) is 25.9 Å². The van der Waals surface area contributed by atoms with E-state index >= 15 is 0 Å². The molecule has 0 saturated carbocycles. The highest BCUT2D eigenvalue weighted by molar-refractivity contribution is 5.91. The van der Waals surface area contributed by atoms with Gasteiger partial charge < -0.3 is 37.1 Å². The summed E-state index contributed by atoms with van der Waals surface area (Å²) in [6.45, 7) is 2.01. The molecule has 36 heavy (non-hydrogen) atoms. The van der Waals surface area contributed by atoms with Gasteiger partial charge in [-0.25, -0.2) is 4.79 Å². The predicted molar refractivity (Wildman–Crippen MR) is 129 cm³/mol. The quantitative estimate of drug-likeness (QED) is 0.282. The maximum Gasteiger partial charge on any atom is 0.349 e. The summed E-state index contributed by atoms with van der Waals surface area (Å²) in [7, 11) is 1.64. The van der Waals surface area contributed by atoms with E-state index in [-0.39, 0.29) is 30.7 Å². The Hall–Kier alpha value is -3.98. The van der Waals surface area contributed by atoms with Crippen molar-refractivity contribution in [1.82, 2.24) is 9.55 Å². The van der Waals surface area contributed by atoms with Crippen LogP contribution in [-0.4, -0.2) is 30.1 Å². The van der Waals surface area contributed by atoms with Crippen molar-refractivity contribution in [3.8, 4) is 34.3 Å². The van der Waals surface area contributed by atoms with Crippen LogP contribution >= 0.6 is 0 Å². The number of aryl methyl sites for hydroxylation is 3. The number of rotatable bonds is 6. The molecule has 4 heterocycles. The van der Waals surface area contributed by atoms with Gasteiger partial charge in [-0.1, -0.05) is 0 Å². The van der Waals surface area contributed by atoms with Crippen LogP contribution in [0.5, 0.6) is 23.0 Å². The van der Waals surface area contributed by atoms with Gasteiger partial charge in [0.15, 0.2) is 35.7 Å². The van der Waals surface area contributed by atoms with Gasteiger partial charge in [0.2, 0.25) is 12.5 Å². The molecule has 0 aliphatic carbocycles. The highest BCUT2D eigenvalue weighted by atomic mass is 35.5.